The monoisotopic (exact) mass is 163 g/mol. The smallest absolute Gasteiger partial charge is 0.0119 e. The maximum atomic E-state index is 3.99. The lowest BCUT2D eigenvalue weighted by atomic mass is 9.99. The minimum atomic E-state index is 0.688. The van der Waals surface area contributed by atoms with Crippen molar-refractivity contribution in [3.63, 3.8) is 0 Å². The Balaban J connectivity index is 2.18. The molecule has 1 nitrogen and oxygen atoms in total. The molecule has 1 unspecified atom stereocenters. The third-order valence-corrected chi connectivity index (χ3v) is 2.07. The van der Waals surface area contributed by atoms with Crippen LogP contribution in [0.1, 0.15) is 19.8 Å². The van der Waals surface area contributed by atoms with E-state index in [2.05, 4.69) is 18.0 Å². The topological polar surface area (TPSA) is 12.0 Å². The summed E-state index contributed by atoms with van der Waals surface area (Å²) < 4.78 is 0. The van der Waals surface area contributed by atoms with E-state index in [0.29, 0.717) is 6.04 Å². The second-order valence-electron chi connectivity index (χ2n) is 3.19. The van der Waals surface area contributed by atoms with E-state index in [-0.39, 0.29) is 0 Å². The highest BCUT2D eigenvalue weighted by Crippen LogP contribution is 2.12. The number of rotatable bonds is 4. The largest absolute Gasteiger partial charge is 0.314 e. The maximum Gasteiger partial charge on any atom is 0.0119 e. The summed E-state index contributed by atoms with van der Waals surface area (Å²) in [5.74, 6) is 0. The molecule has 1 saturated heterocycles. The van der Waals surface area contributed by atoms with Gasteiger partial charge in [0.1, 0.15) is 0 Å². The van der Waals surface area contributed by atoms with Crippen molar-refractivity contribution in [1.29, 1.82) is 0 Å². The molecular weight excluding hydrogens is 146 g/mol. The Labute approximate surface area is 74.9 Å². The van der Waals surface area contributed by atoms with Gasteiger partial charge in [0, 0.05) is 6.04 Å². The number of hydrogen-bond acceptors (Lipinski definition) is 1. The van der Waals surface area contributed by atoms with Gasteiger partial charge in [-0.25, -0.2) is 0 Å². The molecule has 12 heavy (non-hydrogen) atoms. The van der Waals surface area contributed by atoms with Crippen LogP contribution < -0.4 is 5.32 Å². The summed E-state index contributed by atoms with van der Waals surface area (Å²) in [5.41, 5.74) is 1.21. The van der Waals surface area contributed by atoms with E-state index >= 15 is 0 Å². The molecule has 1 fully saturated rings. The number of hydrogen-bond donors (Lipinski definition) is 1. The van der Waals surface area contributed by atoms with Crippen LogP contribution in [0.25, 0.3) is 0 Å². The summed E-state index contributed by atoms with van der Waals surface area (Å²) in [6.45, 7) is 7.18. The van der Waals surface area contributed by atoms with Crippen LogP contribution in [0.15, 0.2) is 36.5 Å². The summed E-state index contributed by atoms with van der Waals surface area (Å²) in [5, 5.41) is 3.35. The van der Waals surface area contributed by atoms with Crippen LogP contribution in [0, 0.1) is 0 Å². The standard InChI is InChI=1S/C11H17N/c1-3-4-5-6-10(2)9-11-7-8-12-11/h3-6,11-12H,2,7-9H2,1H3/b4-3-,6-5-. The lowest BCUT2D eigenvalue weighted by Gasteiger charge is -2.27. The Morgan fingerprint density at radius 1 is 1.58 bits per heavy atom. The molecule has 0 aromatic carbocycles. The molecule has 1 heterocycles. The van der Waals surface area contributed by atoms with Crippen molar-refractivity contribution in [1.82, 2.24) is 5.32 Å². The predicted molar refractivity (Wildman–Crippen MR) is 54.1 cm³/mol. The van der Waals surface area contributed by atoms with Gasteiger partial charge in [0.15, 0.2) is 0 Å². The van der Waals surface area contributed by atoms with Gasteiger partial charge in [-0.05, 0) is 26.3 Å². The molecule has 1 aliphatic heterocycles. The van der Waals surface area contributed by atoms with Crippen molar-refractivity contribution < 1.29 is 0 Å². The maximum absolute atomic E-state index is 3.99. The Kier molecular flexibility index (Phi) is 3.81. The van der Waals surface area contributed by atoms with Crippen LogP contribution >= 0.6 is 0 Å². The molecule has 0 aromatic heterocycles. The normalized spacial score (nSPS) is 23.2. The van der Waals surface area contributed by atoms with E-state index < -0.39 is 0 Å². The van der Waals surface area contributed by atoms with Crippen molar-refractivity contribution in [2.24, 2.45) is 0 Å². The first kappa shape index (κ1) is 9.27. The average Bonchev–Trinajstić information content (AvgIpc) is 1.98. The van der Waals surface area contributed by atoms with Crippen molar-refractivity contribution in [2.45, 2.75) is 25.8 Å². The molecule has 66 valence electrons. The van der Waals surface area contributed by atoms with E-state index in [1.807, 2.05) is 25.2 Å². The lowest BCUT2D eigenvalue weighted by molar-refractivity contribution is 0.370. The SMILES string of the molecule is C=C(/C=C\C=C/C)CC1CCN1. The van der Waals surface area contributed by atoms with Crippen LogP contribution in [0.2, 0.25) is 0 Å². The van der Waals surface area contributed by atoms with Gasteiger partial charge in [-0.1, -0.05) is 36.5 Å². The minimum Gasteiger partial charge on any atom is -0.314 e. The van der Waals surface area contributed by atoms with Gasteiger partial charge in [-0.2, -0.15) is 0 Å². The summed E-state index contributed by atoms with van der Waals surface area (Å²) in [4.78, 5) is 0. The molecule has 0 amide bonds. The van der Waals surface area contributed by atoms with E-state index in [1.54, 1.807) is 0 Å². The third kappa shape index (κ3) is 3.05. The summed E-state index contributed by atoms with van der Waals surface area (Å²) in [7, 11) is 0. The second-order valence-corrected chi connectivity index (χ2v) is 3.19. The fourth-order valence-electron chi connectivity index (χ4n) is 1.21. The van der Waals surface area contributed by atoms with Crippen LogP contribution in [-0.2, 0) is 0 Å². The highest BCUT2D eigenvalue weighted by Gasteiger charge is 2.15. The van der Waals surface area contributed by atoms with E-state index in [4.69, 9.17) is 0 Å². The van der Waals surface area contributed by atoms with Crippen LogP contribution in [0.3, 0.4) is 0 Å². The zero-order chi connectivity index (χ0) is 8.81. The molecule has 0 bridgehead atoms. The molecule has 1 N–H and O–H groups in total. The summed E-state index contributed by atoms with van der Waals surface area (Å²) in [6, 6.07) is 0.688. The van der Waals surface area contributed by atoms with Gasteiger partial charge < -0.3 is 5.32 Å². The highest BCUT2D eigenvalue weighted by molar-refractivity contribution is 5.20. The molecule has 1 heteroatoms. The molecule has 1 atom stereocenters. The van der Waals surface area contributed by atoms with Gasteiger partial charge >= 0.3 is 0 Å². The van der Waals surface area contributed by atoms with Crippen LogP contribution in [-0.4, -0.2) is 12.6 Å². The molecule has 1 rings (SSSR count). The molecule has 0 spiro atoms. The zero-order valence-electron chi connectivity index (χ0n) is 7.72. The van der Waals surface area contributed by atoms with Crippen molar-refractivity contribution in [2.75, 3.05) is 6.54 Å². The van der Waals surface area contributed by atoms with Gasteiger partial charge in [-0.3, -0.25) is 0 Å². The Hall–Kier alpha value is -0.820. The summed E-state index contributed by atoms with van der Waals surface area (Å²) in [6.07, 6.45) is 10.6. The van der Waals surface area contributed by atoms with Crippen molar-refractivity contribution in [3.05, 3.63) is 36.5 Å². The molecule has 0 radical (unpaired) electrons. The van der Waals surface area contributed by atoms with Gasteiger partial charge in [0.25, 0.3) is 0 Å². The van der Waals surface area contributed by atoms with E-state index in [0.717, 1.165) is 6.42 Å². The molecule has 0 aromatic rings. The fraction of sp³-hybridized carbons (Fsp3) is 0.455. The molecular formula is C11H17N. The Morgan fingerprint density at radius 3 is 2.83 bits per heavy atom. The van der Waals surface area contributed by atoms with E-state index in [9.17, 15) is 0 Å². The van der Waals surface area contributed by atoms with Gasteiger partial charge in [-0.15, -0.1) is 0 Å². The van der Waals surface area contributed by atoms with Gasteiger partial charge in [0.05, 0.1) is 0 Å². The molecule has 0 aliphatic carbocycles. The Morgan fingerprint density at radius 2 is 2.33 bits per heavy atom. The van der Waals surface area contributed by atoms with Crippen LogP contribution in [0.4, 0.5) is 0 Å². The quantitative estimate of drug-likeness (QED) is 0.628. The highest BCUT2D eigenvalue weighted by atomic mass is 15.0. The second kappa shape index (κ2) is 4.94. The first-order chi connectivity index (χ1) is 5.83. The minimum absolute atomic E-state index is 0.688. The fourth-order valence-corrected chi connectivity index (χ4v) is 1.21. The molecule has 1 aliphatic rings. The predicted octanol–water partition coefficient (Wildman–Crippen LogP) is 2.43. The van der Waals surface area contributed by atoms with E-state index in [1.165, 1.54) is 18.5 Å². The van der Waals surface area contributed by atoms with Crippen molar-refractivity contribution >= 4 is 0 Å². The average molecular weight is 163 g/mol. The van der Waals surface area contributed by atoms with Crippen LogP contribution in [0.5, 0.6) is 0 Å². The number of allylic oxidation sites excluding steroid dienone is 4. The lowest BCUT2D eigenvalue weighted by Crippen LogP contribution is -2.42. The van der Waals surface area contributed by atoms with Gasteiger partial charge in [0.2, 0.25) is 0 Å². The zero-order valence-corrected chi connectivity index (χ0v) is 7.72. The number of nitrogens with one attached hydrogen (secondary N) is 1. The van der Waals surface area contributed by atoms with Crippen molar-refractivity contribution in [3.8, 4) is 0 Å². The first-order valence-corrected chi connectivity index (χ1v) is 4.53. The first-order valence-electron chi connectivity index (χ1n) is 4.53. The third-order valence-electron chi connectivity index (χ3n) is 2.07. The summed E-state index contributed by atoms with van der Waals surface area (Å²) >= 11 is 0. The Bertz CT molecular complexity index is 197. The molecule has 0 saturated carbocycles.